The van der Waals surface area contributed by atoms with Crippen LogP contribution in [0.25, 0.3) is 22.3 Å². The molecule has 2 aromatic heterocycles. The standard InChI is InChI=1S/C19H19ClN4O3/c1-25-12-27-15-4-2-3-13(9-15)17-18-16(10-14(20)11-21-18)22-19(23-17)24-5-7-26-8-6-24/h2-4,9-11H,5-8,12H2,1H3. The summed E-state index contributed by atoms with van der Waals surface area (Å²) in [5.41, 5.74) is 3.03. The van der Waals surface area contributed by atoms with E-state index in [1.54, 1.807) is 13.3 Å². The maximum atomic E-state index is 6.15. The number of anilines is 1. The highest BCUT2D eigenvalue weighted by atomic mass is 35.5. The van der Waals surface area contributed by atoms with Crippen molar-refractivity contribution in [2.75, 3.05) is 45.1 Å². The molecule has 1 fully saturated rings. The van der Waals surface area contributed by atoms with Gasteiger partial charge in [-0.3, -0.25) is 4.98 Å². The third-order valence-electron chi connectivity index (χ3n) is 4.24. The van der Waals surface area contributed by atoms with Gasteiger partial charge in [0.25, 0.3) is 0 Å². The molecule has 0 unspecified atom stereocenters. The van der Waals surface area contributed by atoms with E-state index >= 15 is 0 Å². The molecule has 7 nitrogen and oxygen atoms in total. The molecule has 1 aliphatic rings. The lowest BCUT2D eigenvalue weighted by atomic mass is 10.1. The lowest BCUT2D eigenvalue weighted by Crippen LogP contribution is -2.37. The Morgan fingerprint density at radius 3 is 2.85 bits per heavy atom. The summed E-state index contributed by atoms with van der Waals surface area (Å²) < 4.78 is 16.0. The molecule has 0 saturated carbocycles. The third kappa shape index (κ3) is 3.95. The fourth-order valence-electron chi connectivity index (χ4n) is 2.95. The van der Waals surface area contributed by atoms with Crippen LogP contribution in [-0.2, 0) is 9.47 Å². The van der Waals surface area contributed by atoms with Gasteiger partial charge in [0.1, 0.15) is 17.0 Å². The minimum absolute atomic E-state index is 0.181. The molecule has 0 bridgehead atoms. The van der Waals surface area contributed by atoms with Gasteiger partial charge in [-0.2, -0.15) is 0 Å². The van der Waals surface area contributed by atoms with E-state index in [2.05, 4.69) is 14.9 Å². The number of pyridine rings is 1. The Labute approximate surface area is 161 Å². The molecule has 1 saturated heterocycles. The summed E-state index contributed by atoms with van der Waals surface area (Å²) in [6.45, 7) is 2.99. The van der Waals surface area contributed by atoms with Crippen molar-refractivity contribution in [3.8, 4) is 17.0 Å². The van der Waals surface area contributed by atoms with Gasteiger partial charge in [-0.05, 0) is 18.2 Å². The molecule has 0 radical (unpaired) electrons. The maximum absolute atomic E-state index is 6.15. The molecule has 3 heterocycles. The van der Waals surface area contributed by atoms with Crippen molar-refractivity contribution in [2.45, 2.75) is 0 Å². The van der Waals surface area contributed by atoms with Crippen LogP contribution in [0.2, 0.25) is 5.02 Å². The monoisotopic (exact) mass is 386 g/mol. The van der Waals surface area contributed by atoms with Crippen LogP contribution >= 0.6 is 11.6 Å². The van der Waals surface area contributed by atoms with Gasteiger partial charge < -0.3 is 19.1 Å². The summed E-state index contributed by atoms with van der Waals surface area (Å²) >= 11 is 6.15. The quantitative estimate of drug-likeness (QED) is 0.624. The summed E-state index contributed by atoms with van der Waals surface area (Å²) in [5, 5.41) is 0.539. The smallest absolute Gasteiger partial charge is 0.226 e. The molecular formula is C19H19ClN4O3. The van der Waals surface area contributed by atoms with Crippen LogP contribution in [0.4, 0.5) is 5.95 Å². The number of hydrogen-bond donors (Lipinski definition) is 0. The highest BCUT2D eigenvalue weighted by molar-refractivity contribution is 6.31. The topological polar surface area (TPSA) is 69.6 Å². The summed E-state index contributed by atoms with van der Waals surface area (Å²) in [6.07, 6.45) is 1.61. The van der Waals surface area contributed by atoms with Gasteiger partial charge in [-0.25, -0.2) is 9.97 Å². The molecule has 4 rings (SSSR count). The first-order chi connectivity index (χ1) is 13.2. The predicted octanol–water partition coefficient (Wildman–Crippen LogP) is 3.16. The number of aromatic nitrogens is 3. The third-order valence-corrected chi connectivity index (χ3v) is 4.44. The Kier molecular flexibility index (Phi) is 5.33. The van der Waals surface area contributed by atoms with E-state index in [0.717, 1.165) is 24.3 Å². The number of methoxy groups -OCH3 is 1. The maximum Gasteiger partial charge on any atom is 0.226 e. The number of fused-ring (bicyclic) bond motifs is 1. The van der Waals surface area contributed by atoms with Crippen molar-refractivity contribution in [1.82, 2.24) is 15.0 Å². The van der Waals surface area contributed by atoms with Crippen LogP contribution < -0.4 is 9.64 Å². The summed E-state index contributed by atoms with van der Waals surface area (Å²) in [7, 11) is 1.59. The van der Waals surface area contributed by atoms with Crippen LogP contribution in [-0.4, -0.2) is 55.2 Å². The second-order valence-electron chi connectivity index (χ2n) is 6.07. The van der Waals surface area contributed by atoms with Gasteiger partial charge in [0, 0.05) is 32.0 Å². The number of rotatable bonds is 5. The van der Waals surface area contributed by atoms with Gasteiger partial charge >= 0.3 is 0 Å². The van der Waals surface area contributed by atoms with Crippen LogP contribution in [0.3, 0.4) is 0 Å². The van der Waals surface area contributed by atoms with E-state index < -0.39 is 0 Å². The molecule has 1 aromatic carbocycles. The van der Waals surface area contributed by atoms with Gasteiger partial charge in [0.15, 0.2) is 6.79 Å². The highest BCUT2D eigenvalue weighted by Gasteiger charge is 2.18. The molecule has 0 N–H and O–H groups in total. The summed E-state index contributed by atoms with van der Waals surface area (Å²) in [6, 6.07) is 9.49. The molecule has 0 aliphatic carbocycles. The van der Waals surface area contributed by atoms with Gasteiger partial charge in [0.05, 0.1) is 23.8 Å². The van der Waals surface area contributed by atoms with E-state index in [4.69, 9.17) is 30.8 Å². The highest BCUT2D eigenvalue weighted by Crippen LogP contribution is 2.30. The Balaban J connectivity index is 1.82. The number of ether oxygens (including phenoxy) is 3. The van der Waals surface area contributed by atoms with E-state index in [-0.39, 0.29) is 6.79 Å². The zero-order valence-corrected chi connectivity index (χ0v) is 15.6. The van der Waals surface area contributed by atoms with Crippen molar-refractivity contribution >= 4 is 28.6 Å². The number of benzene rings is 1. The lowest BCUT2D eigenvalue weighted by molar-refractivity contribution is 0.0511. The van der Waals surface area contributed by atoms with Crippen LogP contribution in [0.1, 0.15) is 0 Å². The Hall–Kier alpha value is -2.48. The Morgan fingerprint density at radius 1 is 1.19 bits per heavy atom. The number of hydrogen-bond acceptors (Lipinski definition) is 7. The average molecular weight is 387 g/mol. The number of nitrogens with zero attached hydrogens (tertiary/aromatic N) is 4. The first-order valence-electron chi connectivity index (χ1n) is 8.63. The van der Waals surface area contributed by atoms with Crippen molar-refractivity contribution in [1.29, 1.82) is 0 Å². The Morgan fingerprint density at radius 2 is 2.04 bits per heavy atom. The first-order valence-corrected chi connectivity index (χ1v) is 9.00. The molecule has 8 heteroatoms. The van der Waals surface area contributed by atoms with Gasteiger partial charge in [0.2, 0.25) is 5.95 Å². The summed E-state index contributed by atoms with van der Waals surface area (Å²) in [4.78, 5) is 16.1. The normalized spacial score (nSPS) is 14.5. The number of morpholine rings is 1. The first kappa shape index (κ1) is 17.9. The minimum Gasteiger partial charge on any atom is -0.468 e. The second kappa shape index (κ2) is 8.04. The fraction of sp³-hybridized carbons (Fsp3) is 0.316. The zero-order valence-electron chi connectivity index (χ0n) is 14.9. The van der Waals surface area contributed by atoms with E-state index in [1.165, 1.54) is 0 Å². The van der Waals surface area contributed by atoms with Crippen molar-refractivity contribution in [3.05, 3.63) is 41.6 Å². The van der Waals surface area contributed by atoms with Gasteiger partial charge in [-0.1, -0.05) is 23.7 Å². The fourth-order valence-corrected chi connectivity index (χ4v) is 3.10. The van der Waals surface area contributed by atoms with Crippen LogP contribution in [0, 0.1) is 0 Å². The lowest BCUT2D eigenvalue weighted by Gasteiger charge is -2.27. The minimum atomic E-state index is 0.181. The molecule has 3 aromatic rings. The van der Waals surface area contributed by atoms with Crippen LogP contribution in [0.5, 0.6) is 5.75 Å². The zero-order chi connectivity index (χ0) is 18.6. The molecule has 0 amide bonds. The predicted molar refractivity (Wildman–Crippen MR) is 103 cm³/mol. The molecule has 0 atom stereocenters. The Bertz CT molecular complexity index is 947. The SMILES string of the molecule is COCOc1cccc(-c2nc(N3CCOCC3)nc3cc(Cl)cnc23)c1. The van der Waals surface area contributed by atoms with E-state index in [0.29, 0.717) is 41.0 Å². The molecule has 27 heavy (non-hydrogen) atoms. The van der Waals surface area contributed by atoms with Crippen molar-refractivity contribution < 1.29 is 14.2 Å². The average Bonchev–Trinajstić information content (AvgIpc) is 2.72. The molecule has 1 aliphatic heterocycles. The molecular weight excluding hydrogens is 368 g/mol. The van der Waals surface area contributed by atoms with E-state index in [1.807, 2.05) is 30.3 Å². The largest absolute Gasteiger partial charge is 0.468 e. The van der Waals surface area contributed by atoms with Gasteiger partial charge in [-0.15, -0.1) is 0 Å². The number of halogens is 1. The summed E-state index contributed by atoms with van der Waals surface area (Å²) in [5.74, 6) is 1.34. The second-order valence-corrected chi connectivity index (χ2v) is 6.51. The molecule has 0 spiro atoms. The van der Waals surface area contributed by atoms with Crippen molar-refractivity contribution in [3.63, 3.8) is 0 Å². The van der Waals surface area contributed by atoms with Crippen molar-refractivity contribution in [2.24, 2.45) is 0 Å². The molecule has 140 valence electrons. The van der Waals surface area contributed by atoms with Crippen LogP contribution in [0.15, 0.2) is 36.5 Å². The van der Waals surface area contributed by atoms with E-state index in [9.17, 15) is 0 Å².